The van der Waals surface area contributed by atoms with E-state index in [9.17, 15) is 4.79 Å². The van der Waals surface area contributed by atoms with Crippen LogP contribution in [0.2, 0.25) is 0 Å². The molecule has 0 unspecified atom stereocenters. The van der Waals surface area contributed by atoms with E-state index in [1.807, 2.05) is 25.1 Å². The van der Waals surface area contributed by atoms with Gasteiger partial charge in [0.2, 0.25) is 5.91 Å². The van der Waals surface area contributed by atoms with E-state index in [0.717, 1.165) is 12.0 Å². The lowest BCUT2D eigenvalue weighted by atomic mass is 10.1. The van der Waals surface area contributed by atoms with Gasteiger partial charge in [-0.2, -0.15) is 5.10 Å². The van der Waals surface area contributed by atoms with Gasteiger partial charge in [-0.3, -0.25) is 4.79 Å². The number of nitrogens with one attached hydrogen (secondary N) is 1. The van der Waals surface area contributed by atoms with E-state index in [1.54, 1.807) is 18.9 Å². The van der Waals surface area contributed by atoms with Crippen LogP contribution in [0.3, 0.4) is 0 Å². The summed E-state index contributed by atoms with van der Waals surface area (Å²) in [4.78, 5) is 16.6. The van der Waals surface area contributed by atoms with Gasteiger partial charge in [-0.05, 0) is 37.6 Å². The summed E-state index contributed by atoms with van der Waals surface area (Å²) in [7, 11) is 3.18. The Morgan fingerprint density at radius 3 is 2.67 bits per heavy atom. The molecule has 27 heavy (non-hydrogen) atoms. The summed E-state index contributed by atoms with van der Waals surface area (Å²) in [5.74, 6) is 2.31. The van der Waals surface area contributed by atoms with Crippen LogP contribution in [-0.4, -0.2) is 48.0 Å². The lowest BCUT2D eigenvalue weighted by Crippen LogP contribution is -2.31. The van der Waals surface area contributed by atoms with Crippen molar-refractivity contribution in [2.45, 2.75) is 32.4 Å². The predicted molar refractivity (Wildman–Crippen MR) is 102 cm³/mol. The number of methoxy groups -OCH3 is 2. The second kappa shape index (κ2) is 9.89. The van der Waals surface area contributed by atoms with E-state index in [0.29, 0.717) is 42.7 Å². The third-order valence-electron chi connectivity index (χ3n) is 3.96. The van der Waals surface area contributed by atoms with Crippen LogP contribution in [0.4, 0.5) is 0 Å². The third kappa shape index (κ3) is 5.66. The summed E-state index contributed by atoms with van der Waals surface area (Å²) in [6.45, 7) is 2.95. The van der Waals surface area contributed by atoms with Crippen LogP contribution in [0, 0.1) is 0 Å². The van der Waals surface area contributed by atoms with Crippen molar-refractivity contribution >= 4 is 5.91 Å². The van der Waals surface area contributed by atoms with Gasteiger partial charge in [-0.15, -0.1) is 0 Å². The summed E-state index contributed by atoms with van der Waals surface area (Å²) < 4.78 is 12.1. The van der Waals surface area contributed by atoms with Crippen LogP contribution >= 0.6 is 0 Å². The Labute approximate surface area is 159 Å². The Morgan fingerprint density at radius 2 is 2.04 bits per heavy atom. The number of benzene rings is 1. The van der Waals surface area contributed by atoms with Crippen LogP contribution in [-0.2, 0) is 17.8 Å². The predicted octanol–water partition coefficient (Wildman–Crippen LogP) is 0.371. The van der Waals surface area contributed by atoms with E-state index >= 15 is 0 Å². The number of nitrogens with two attached hydrogens (primary N) is 2. The minimum Gasteiger partial charge on any atom is -0.493 e. The molecular formula is C18H28N6O3. The molecule has 1 atom stereocenters. The molecule has 1 amide bonds. The minimum absolute atomic E-state index is 0.0698. The SMILES string of the molecule is COc1ccc(Cc2nc([C@@H](C)N)n(CC(=O)NCCCN)n2)cc1OC. The zero-order valence-corrected chi connectivity index (χ0v) is 16.1. The second-order valence-corrected chi connectivity index (χ2v) is 6.19. The number of rotatable bonds is 10. The first-order valence-electron chi connectivity index (χ1n) is 8.85. The van der Waals surface area contributed by atoms with Crippen LogP contribution in [0.25, 0.3) is 0 Å². The molecule has 148 valence electrons. The molecule has 0 aliphatic heterocycles. The van der Waals surface area contributed by atoms with Crippen molar-refractivity contribution in [2.24, 2.45) is 11.5 Å². The Bertz CT molecular complexity index is 760. The molecule has 0 bridgehead atoms. The van der Waals surface area contributed by atoms with Crippen molar-refractivity contribution in [3.63, 3.8) is 0 Å². The van der Waals surface area contributed by atoms with Crippen molar-refractivity contribution in [3.8, 4) is 11.5 Å². The molecule has 0 fully saturated rings. The largest absolute Gasteiger partial charge is 0.493 e. The molecule has 9 nitrogen and oxygen atoms in total. The quantitative estimate of drug-likeness (QED) is 0.511. The number of ether oxygens (including phenoxy) is 2. The third-order valence-corrected chi connectivity index (χ3v) is 3.96. The summed E-state index contributed by atoms with van der Waals surface area (Å²) in [6.07, 6.45) is 1.22. The first-order chi connectivity index (χ1) is 13.0. The van der Waals surface area contributed by atoms with Crippen molar-refractivity contribution in [1.82, 2.24) is 20.1 Å². The maximum Gasteiger partial charge on any atom is 0.241 e. The van der Waals surface area contributed by atoms with E-state index < -0.39 is 0 Å². The number of amides is 1. The molecule has 5 N–H and O–H groups in total. The molecule has 0 saturated heterocycles. The van der Waals surface area contributed by atoms with E-state index in [-0.39, 0.29) is 18.5 Å². The maximum absolute atomic E-state index is 12.1. The summed E-state index contributed by atoms with van der Waals surface area (Å²) >= 11 is 0. The van der Waals surface area contributed by atoms with Crippen LogP contribution in [0.5, 0.6) is 11.5 Å². The number of nitrogens with zero attached hydrogens (tertiary/aromatic N) is 3. The number of aromatic nitrogens is 3. The van der Waals surface area contributed by atoms with Crippen LogP contribution in [0.15, 0.2) is 18.2 Å². The Hall–Kier alpha value is -2.65. The molecule has 0 aliphatic rings. The maximum atomic E-state index is 12.1. The fraction of sp³-hybridized carbons (Fsp3) is 0.500. The Balaban J connectivity index is 2.15. The smallest absolute Gasteiger partial charge is 0.241 e. The van der Waals surface area contributed by atoms with Gasteiger partial charge < -0.3 is 26.3 Å². The summed E-state index contributed by atoms with van der Waals surface area (Å²) in [5, 5.41) is 7.27. The fourth-order valence-electron chi connectivity index (χ4n) is 2.63. The molecule has 0 radical (unpaired) electrons. The molecule has 1 aromatic heterocycles. The minimum atomic E-state index is -0.339. The monoisotopic (exact) mass is 376 g/mol. The van der Waals surface area contributed by atoms with Gasteiger partial charge in [0.25, 0.3) is 0 Å². The first-order valence-corrected chi connectivity index (χ1v) is 8.85. The van der Waals surface area contributed by atoms with Gasteiger partial charge >= 0.3 is 0 Å². The Kier molecular flexibility index (Phi) is 7.56. The van der Waals surface area contributed by atoms with Crippen molar-refractivity contribution < 1.29 is 14.3 Å². The number of hydrogen-bond acceptors (Lipinski definition) is 7. The van der Waals surface area contributed by atoms with E-state index in [4.69, 9.17) is 20.9 Å². The fourth-order valence-corrected chi connectivity index (χ4v) is 2.63. The highest BCUT2D eigenvalue weighted by Crippen LogP contribution is 2.28. The zero-order valence-electron chi connectivity index (χ0n) is 16.1. The first kappa shape index (κ1) is 20.7. The second-order valence-electron chi connectivity index (χ2n) is 6.19. The lowest BCUT2D eigenvalue weighted by molar-refractivity contribution is -0.121. The summed E-state index contributed by atoms with van der Waals surface area (Å²) in [5.41, 5.74) is 12.4. The van der Waals surface area contributed by atoms with Gasteiger partial charge in [0.1, 0.15) is 12.4 Å². The Morgan fingerprint density at radius 1 is 1.30 bits per heavy atom. The van der Waals surface area contributed by atoms with E-state index in [1.165, 1.54) is 0 Å². The van der Waals surface area contributed by atoms with Crippen LogP contribution in [0.1, 0.15) is 36.6 Å². The highest BCUT2D eigenvalue weighted by Gasteiger charge is 2.16. The molecule has 9 heteroatoms. The average molecular weight is 376 g/mol. The molecular weight excluding hydrogens is 348 g/mol. The highest BCUT2D eigenvalue weighted by atomic mass is 16.5. The van der Waals surface area contributed by atoms with Crippen molar-refractivity contribution in [1.29, 1.82) is 0 Å². The van der Waals surface area contributed by atoms with Gasteiger partial charge in [-0.1, -0.05) is 6.07 Å². The normalized spacial score (nSPS) is 11.9. The van der Waals surface area contributed by atoms with E-state index in [2.05, 4.69) is 15.4 Å². The molecule has 0 aliphatic carbocycles. The van der Waals surface area contributed by atoms with Gasteiger partial charge in [0.15, 0.2) is 17.3 Å². The average Bonchev–Trinajstić information content (AvgIpc) is 3.04. The van der Waals surface area contributed by atoms with Crippen molar-refractivity contribution in [2.75, 3.05) is 27.3 Å². The zero-order chi connectivity index (χ0) is 19.8. The van der Waals surface area contributed by atoms with Gasteiger partial charge in [0, 0.05) is 13.0 Å². The molecule has 0 spiro atoms. The lowest BCUT2D eigenvalue weighted by Gasteiger charge is -2.08. The van der Waals surface area contributed by atoms with Crippen LogP contribution < -0.4 is 26.3 Å². The van der Waals surface area contributed by atoms with Crippen molar-refractivity contribution in [3.05, 3.63) is 35.4 Å². The number of carbonyl (C=O) groups is 1. The topological polar surface area (TPSA) is 130 Å². The molecule has 1 aromatic carbocycles. The van der Waals surface area contributed by atoms with Gasteiger partial charge in [0.05, 0.1) is 20.3 Å². The number of hydrogen-bond donors (Lipinski definition) is 3. The summed E-state index contributed by atoms with van der Waals surface area (Å²) in [6, 6.07) is 5.30. The molecule has 1 heterocycles. The number of carbonyl (C=O) groups excluding carboxylic acids is 1. The molecule has 2 rings (SSSR count). The van der Waals surface area contributed by atoms with Gasteiger partial charge in [-0.25, -0.2) is 9.67 Å². The molecule has 2 aromatic rings. The standard InChI is InChI=1S/C18H28N6O3/c1-12(20)18-22-16(23-24(18)11-17(25)21-8-4-7-19)10-13-5-6-14(26-2)15(9-13)27-3/h5-6,9,12H,4,7-8,10-11,19-20H2,1-3H3,(H,21,25)/t12-/m1/s1. The molecule has 0 saturated carbocycles. The highest BCUT2D eigenvalue weighted by molar-refractivity contribution is 5.75.